The van der Waals surface area contributed by atoms with E-state index < -0.39 is 0 Å². The van der Waals surface area contributed by atoms with E-state index >= 15 is 0 Å². The van der Waals surface area contributed by atoms with Gasteiger partial charge in [0, 0.05) is 27.5 Å². The van der Waals surface area contributed by atoms with Crippen molar-refractivity contribution in [1.29, 1.82) is 0 Å². The standard InChI is InChI=1S/C14H11ClN2OS/c15-13-5-4-9(19-13)8-17-14(18)11-2-1-3-12-10(11)6-7-16-12/h1-7,16H,8H2,(H,17,18). The molecule has 0 spiro atoms. The van der Waals surface area contributed by atoms with E-state index in [2.05, 4.69) is 10.3 Å². The molecule has 0 unspecified atom stereocenters. The smallest absolute Gasteiger partial charge is 0.252 e. The zero-order valence-electron chi connectivity index (χ0n) is 9.94. The molecule has 1 aromatic carbocycles. The number of fused-ring (bicyclic) bond motifs is 1. The van der Waals surface area contributed by atoms with E-state index in [0.29, 0.717) is 12.1 Å². The molecule has 1 amide bonds. The number of halogens is 1. The average molecular weight is 291 g/mol. The number of aromatic nitrogens is 1. The normalized spacial score (nSPS) is 10.8. The van der Waals surface area contributed by atoms with Gasteiger partial charge in [0.1, 0.15) is 0 Å². The van der Waals surface area contributed by atoms with Crippen LogP contribution in [0.2, 0.25) is 4.34 Å². The van der Waals surface area contributed by atoms with E-state index in [-0.39, 0.29) is 5.91 Å². The number of carbonyl (C=O) groups is 1. The highest BCUT2D eigenvalue weighted by Crippen LogP contribution is 2.21. The molecular formula is C14H11ClN2OS. The summed E-state index contributed by atoms with van der Waals surface area (Å²) < 4.78 is 0.733. The quantitative estimate of drug-likeness (QED) is 0.757. The van der Waals surface area contributed by atoms with E-state index in [0.717, 1.165) is 20.1 Å². The van der Waals surface area contributed by atoms with Crippen molar-refractivity contribution in [2.24, 2.45) is 0 Å². The van der Waals surface area contributed by atoms with E-state index in [1.54, 1.807) is 0 Å². The van der Waals surface area contributed by atoms with E-state index in [4.69, 9.17) is 11.6 Å². The first-order valence-corrected chi connectivity index (χ1v) is 7.02. The Kier molecular flexibility index (Phi) is 3.27. The fourth-order valence-electron chi connectivity index (χ4n) is 1.99. The summed E-state index contributed by atoms with van der Waals surface area (Å²) in [6, 6.07) is 11.3. The molecule has 0 bridgehead atoms. The van der Waals surface area contributed by atoms with Crippen molar-refractivity contribution < 1.29 is 4.79 Å². The molecule has 0 aliphatic carbocycles. The van der Waals surface area contributed by atoms with Crippen LogP contribution >= 0.6 is 22.9 Å². The number of amides is 1. The predicted octanol–water partition coefficient (Wildman–Crippen LogP) is 3.81. The van der Waals surface area contributed by atoms with Gasteiger partial charge < -0.3 is 10.3 Å². The third kappa shape index (κ3) is 2.50. The van der Waals surface area contributed by atoms with E-state index in [1.807, 2.05) is 42.6 Å². The summed E-state index contributed by atoms with van der Waals surface area (Å²) in [4.78, 5) is 16.3. The van der Waals surface area contributed by atoms with Crippen molar-refractivity contribution >= 4 is 39.7 Å². The molecule has 2 N–H and O–H groups in total. The first-order valence-electron chi connectivity index (χ1n) is 5.82. The Labute approximate surface area is 119 Å². The van der Waals surface area contributed by atoms with Crippen molar-refractivity contribution in [2.75, 3.05) is 0 Å². The molecule has 19 heavy (non-hydrogen) atoms. The second kappa shape index (κ2) is 5.07. The summed E-state index contributed by atoms with van der Waals surface area (Å²) in [6.07, 6.45) is 1.83. The summed E-state index contributed by atoms with van der Waals surface area (Å²) in [6.45, 7) is 0.497. The largest absolute Gasteiger partial charge is 0.361 e. The second-order valence-corrected chi connectivity index (χ2v) is 5.93. The van der Waals surface area contributed by atoms with Gasteiger partial charge in [0.25, 0.3) is 5.91 Å². The second-order valence-electron chi connectivity index (χ2n) is 4.13. The number of hydrogen-bond donors (Lipinski definition) is 2. The fourth-order valence-corrected chi connectivity index (χ4v) is 3.02. The van der Waals surface area contributed by atoms with Crippen LogP contribution in [0.25, 0.3) is 10.9 Å². The fraction of sp³-hybridized carbons (Fsp3) is 0.0714. The van der Waals surface area contributed by atoms with Crippen LogP contribution in [0, 0.1) is 0 Å². The van der Waals surface area contributed by atoms with Crippen molar-refractivity contribution in [2.45, 2.75) is 6.54 Å². The van der Waals surface area contributed by atoms with Gasteiger partial charge in [-0.05, 0) is 30.3 Å². The Balaban J connectivity index is 1.78. The third-order valence-electron chi connectivity index (χ3n) is 2.89. The molecule has 3 nitrogen and oxygen atoms in total. The van der Waals surface area contributed by atoms with Crippen LogP contribution < -0.4 is 5.32 Å². The van der Waals surface area contributed by atoms with Crippen LogP contribution in [-0.2, 0) is 6.54 Å². The average Bonchev–Trinajstić information content (AvgIpc) is 3.03. The molecule has 3 aromatic rings. The summed E-state index contributed by atoms with van der Waals surface area (Å²) in [5.74, 6) is -0.0743. The number of H-pyrrole nitrogens is 1. The Bertz CT molecular complexity index is 732. The molecule has 5 heteroatoms. The molecule has 0 aliphatic rings. The minimum absolute atomic E-state index is 0.0743. The maximum atomic E-state index is 12.2. The number of carbonyl (C=O) groups excluding carboxylic acids is 1. The van der Waals surface area contributed by atoms with Crippen LogP contribution in [-0.4, -0.2) is 10.9 Å². The maximum absolute atomic E-state index is 12.2. The minimum Gasteiger partial charge on any atom is -0.361 e. The first-order chi connectivity index (χ1) is 9.24. The molecule has 0 saturated carbocycles. The van der Waals surface area contributed by atoms with Gasteiger partial charge in [-0.15, -0.1) is 11.3 Å². The van der Waals surface area contributed by atoms with Crippen molar-refractivity contribution in [1.82, 2.24) is 10.3 Å². The maximum Gasteiger partial charge on any atom is 0.252 e. The minimum atomic E-state index is -0.0743. The first kappa shape index (κ1) is 12.3. The Morgan fingerprint density at radius 1 is 1.26 bits per heavy atom. The lowest BCUT2D eigenvalue weighted by Crippen LogP contribution is -2.22. The highest BCUT2D eigenvalue weighted by Gasteiger charge is 2.10. The van der Waals surface area contributed by atoms with Gasteiger partial charge >= 0.3 is 0 Å². The Morgan fingerprint density at radius 2 is 2.16 bits per heavy atom. The van der Waals surface area contributed by atoms with Crippen LogP contribution in [0.3, 0.4) is 0 Å². The zero-order chi connectivity index (χ0) is 13.2. The van der Waals surface area contributed by atoms with Crippen LogP contribution in [0.15, 0.2) is 42.6 Å². The topological polar surface area (TPSA) is 44.9 Å². The van der Waals surface area contributed by atoms with Gasteiger partial charge in [0.05, 0.1) is 10.9 Å². The zero-order valence-corrected chi connectivity index (χ0v) is 11.5. The summed E-state index contributed by atoms with van der Waals surface area (Å²) in [5, 5.41) is 3.84. The summed E-state index contributed by atoms with van der Waals surface area (Å²) >= 11 is 7.33. The van der Waals surface area contributed by atoms with Gasteiger partial charge in [0.2, 0.25) is 0 Å². The number of thiophene rings is 1. The predicted molar refractivity (Wildman–Crippen MR) is 78.8 cm³/mol. The highest BCUT2D eigenvalue weighted by atomic mass is 35.5. The van der Waals surface area contributed by atoms with Gasteiger partial charge in [-0.1, -0.05) is 17.7 Å². The van der Waals surface area contributed by atoms with Crippen LogP contribution in [0.1, 0.15) is 15.2 Å². The summed E-state index contributed by atoms with van der Waals surface area (Å²) in [7, 11) is 0. The lowest BCUT2D eigenvalue weighted by atomic mass is 10.1. The Hall–Kier alpha value is -1.78. The number of nitrogens with one attached hydrogen (secondary N) is 2. The molecule has 0 radical (unpaired) electrons. The SMILES string of the molecule is O=C(NCc1ccc(Cl)s1)c1cccc2[nH]ccc12. The lowest BCUT2D eigenvalue weighted by molar-refractivity contribution is 0.0953. The number of hydrogen-bond acceptors (Lipinski definition) is 2. The van der Waals surface area contributed by atoms with Gasteiger partial charge in [-0.3, -0.25) is 4.79 Å². The monoisotopic (exact) mass is 290 g/mol. The van der Waals surface area contributed by atoms with E-state index in [1.165, 1.54) is 11.3 Å². The molecule has 0 saturated heterocycles. The van der Waals surface area contributed by atoms with E-state index in [9.17, 15) is 4.79 Å². The van der Waals surface area contributed by atoms with Gasteiger partial charge in [-0.25, -0.2) is 0 Å². The van der Waals surface area contributed by atoms with Crippen LogP contribution in [0.5, 0.6) is 0 Å². The lowest BCUT2D eigenvalue weighted by Gasteiger charge is -2.05. The number of aromatic amines is 1. The highest BCUT2D eigenvalue weighted by molar-refractivity contribution is 7.16. The van der Waals surface area contributed by atoms with Crippen molar-refractivity contribution in [3.05, 3.63) is 57.4 Å². The molecule has 0 aliphatic heterocycles. The third-order valence-corrected chi connectivity index (χ3v) is 4.12. The molecule has 0 fully saturated rings. The molecule has 3 rings (SSSR count). The summed E-state index contributed by atoms with van der Waals surface area (Å²) in [5.41, 5.74) is 1.65. The number of rotatable bonds is 3. The number of benzene rings is 1. The molecule has 0 atom stereocenters. The molecule has 2 heterocycles. The van der Waals surface area contributed by atoms with Crippen molar-refractivity contribution in [3.63, 3.8) is 0 Å². The van der Waals surface area contributed by atoms with Gasteiger partial charge in [0.15, 0.2) is 0 Å². The molecular weight excluding hydrogens is 280 g/mol. The molecule has 2 aromatic heterocycles. The van der Waals surface area contributed by atoms with Crippen LogP contribution in [0.4, 0.5) is 0 Å². The van der Waals surface area contributed by atoms with Gasteiger partial charge in [-0.2, -0.15) is 0 Å². The Morgan fingerprint density at radius 3 is 2.95 bits per heavy atom. The van der Waals surface area contributed by atoms with Crippen molar-refractivity contribution in [3.8, 4) is 0 Å². The molecule has 96 valence electrons.